The number of anilines is 1. The summed E-state index contributed by atoms with van der Waals surface area (Å²) in [7, 11) is 0. The molecule has 3 rings (SSSR count). The van der Waals surface area contributed by atoms with Crippen LogP contribution in [0.1, 0.15) is 38.0 Å². The summed E-state index contributed by atoms with van der Waals surface area (Å²) in [6.07, 6.45) is 3.86. The molecule has 1 aromatic heterocycles. The third-order valence-electron chi connectivity index (χ3n) is 5.37. The lowest BCUT2D eigenvalue weighted by Gasteiger charge is -2.44. The van der Waals surface area contributed by atoms with E-state index in [9.17, 15) is 9.90 Å². The first kappa shape index (κ1) is 17.6. The standard InChI is InChI=1S/C17H28N4O2S/c1-3-21(4-2)16-19-11-14(24-16)12-20-7-5-17(6-8-20)9-13(22)10-18-15(17)23/h11,13,22H,3-10,12H2,1-2H3,(H,18,23). The van der Waals surface area contributed by atoms with Gasteiger partial charge in [-0.3, -0.25) is 9.69 Å². The van der Waals surface area contributed by atoms with E-state index in [0.717, 1.165) is 50.7 Å². The summed E-state index contributed by atoms with van der Waals surface area (Å²) in [5.74, 6) is 0.133. The molecule has 1 atom stereocenters. The fraction of sp³-hybridized carbons (Fsp3) is 0.765. The molecule has 6 nitrogen and oxygen atoms in total. The Balaban J connectivity index is 1.57. The molecule has 1 spiro atoms. The molecule has 0 radical (unpaired) electrons. The van der Waals surface area contributed by atoms with Crippen molar-refractivity contribution in [3.63, 3.8) is 0 Å². The molecular formula is C17H28N4O2S. The molecular weight excluding hydrogens is 324 g/mol. The van der Waals surface area contributed by atoms with Crippen molar-refractivity contribution in [1.29, 1.82) is 0 Å². The van der Waals surface area contributed by atoms with Crippen LogP contribution < -0.4 is 10.2 Å². The van der Waals surface area contributed by atoms with Crippen LogP contribution in [0.3, 0.4) is 0 Å². The van der Waals surface area contributed by atoms with Crippen LogP contribution in [0.5, 0.6) is 0 Å². The molecule has 0 bridgehead atoms. The van der Waals surface area contributed by atoms with E-state index in [1.165, 1.54) is 4.88 Å². The second-order valence-electron chi connectivity index (χ2n) is 6.91. The predicted molar refractivity (Wildman–Crippen MR) is 96.3 cm³/mol. The fourth-order valence-electron chi connectivity index (χ4n) is 3.82. The van der Waals surface area contributed by atoms with Crippen molar-refractivity contribution in [3.05, 3.63) is 11.1 Å². The Labute approximate surface area is 147 Å². The quantitative estimate of drug-likeness (QED) is 0.839. The zero-order chi connectivity index (χ0) is 17.2. The number of nitrogens with one attached hydrogen (secondary N) is 1. The topological polar surface area (TPSA) is 68.7 Å². The third kappa shape index (κ3) is 3.58. The molecule has 2 saturated heterocycles. The molecule has 0 saturated carbocycles. The number of thiazole rings is 1. The van der Waals surface area contributed by atoms with Crippen molar-refractivity contribution in [2.45, 2.75) is 45.8 Å². The monoisotopic (exact) mass is 352 g/mol. The van der Waals surface area contributed by atoms with Crippen molar-refractivity contribution in [2.75, 3.05) is 37.6 Å². The van der Waals surface area contributed by atoms with Gasteiger partial charge in [-0.25, -0.2) is 4.98 Å². The highest BCUT2D eigenvalue weighted by molar-refractivity contribution is 7.15. The van der Waals surface area contributed by atoms with Crippen LogP contribution in [-0.4, -0.2) is 59.7 Å². The number of hydrogen-bond donors (Lipinski definition) is 2. The summed E-state index contributed by atoms with van der Waals surface area (Å²) in [4.78, 5) is 22.8. The lowest BCUT2D eigenvalue weighted by molar-refractivity contribution is -0.141. The number of aliphatic hydroxyl groups is 1. The number of aliphatic hydroxyl groups excluding tert-OH is 1. The maximum absolute atomic E-state index is 12.3. The number of nitrogens with zero attached hydrogens (tertiary/aromatic N) is 3. The van der Waals surface area contributed by atoms with Crippen molar-refractivity contribution >= 4 is 22.4 Å². The Hall–Kier alpha value is -1.18. The number of rotatable bonds is 5. The van der Waals surface area contributed by atoms with Gasteiger partial charge in [-0.2, -0.15) is 0 Å². The van der Waals surface area contributed by atoms with E-state index in [0.29, 0.717) is 13.0 Å². The first-order valence-electron chi connectivity index (χ1n) is 8.94. The molecule has 1 aromatic rings. The minimum atomic E-state index is -0.396. The highest BCUT2D eigenvalue weighted by Gasteiger charge is 2.45. The third-order valence-corrected chi connectivity index (χ3v) is 6.42. The number of carbonyl (C=O) groups is 1. The van der Waals surface area contributed by atoms with E-state index in [4.69, 9.17) is 0 Å². The molecule has 0 aliphatic carbocycles. The van der Waals surface area contributed by atoms with Crippen LogP contribution in [0.15, 0.2) is 6.20 Å². The van der Waals surface area contributed by atoms with Crippen LogP contribution >= 0.6 is 11.3 Å². The SMILES string of the molecule is CCN(CC)c1ncc(CN2CCC3(CC2)CC(O)CNC3=O)s1. The van der Waals surface area contributed by atoms with Gasteiger partial charge in [-0.05, 0) is 46.2 Å². The van der Waals surface area contributed by atoms with Gasteiger partial charge in [0.2, 0.25) is 5.91 Å². The van der Waals surface area contributed by atoms with Gasteiger partial charge in [0.05, 0.1) is 11.5 Å². The molecule has 1 amide bonds. The Kier molecular flexibility index (Phi) is 5.42. The molecule has 2 aliphatic rings. The van der Waals surface area contributed by atoms with E-state index in [1.807, 2.05) is 6.20 Å². The zero-order valence-electron chi connectivity index (χ0n) is 14.6. The van der Waals surface area contributed by atoms with Gasteiger partial charge in [-0.1, -0.05) is 0 Å². The van der Waals surface area contributed by atoms with Gasteiger partial charge >= 0.3 is 0 Å². The second kappa shape index (κ2) is 7.37. The van der Waals surface area contributed by atoms with E-state index < -0.39 is 6.10 Å². The smallest absolute Gasteiger partial charge is 0.226 e. The Bertz CT molecular complexity index is 565. The van der Waals surface area contributed by atoms with E-state index in [2.05, 4.69) is 33.9 Å². The number of carbonyl (C=O) groups excluding carboxylic acids is 1. The zero-order valence-corrected chi connectivity index (χ0v) is 15.4. The number of amides is 1. The number of aromatic nitrogens is 1. The number of piperidine rings is 2. The largest absolute Gasteiger partial charge is 0.391 e. The van der Waals surface area contributed by atoms with Gasteiger partial charge in [0, 0.05) is 37.3 Å². The molecule has 134 valence electrons. The van der Waals surface area contributed by atoms with Gasteiger partial charge in [0.1, 0.15) is 0 Å². The lowest BCUT2D eigenvalue weighted by Crippen LogP contribution is -2.55. The van der Waals surface area contributed by atoms with Crippen LogP contribution in [-0.2, 0) is 11.3 Å². The Morgan fingerprint density at radius 2 is 2.12 bits per heavy atom. The highest BCUT2D eigenvalue weighted by Crippen LogP contribution is 2.39. The average Bonchev–Trinajstić information content (AvgIpc) is 3.03. The van der Waals surface area contributed by atoms with Gasteiger partial charge in [0.15, 0.2) is 5.13 Å². The Morgan fingerprint density at radius 3 is 2.79 bits per heavy atom. The van der Waals surface area contributed by atoms with Gasteiger partial charge < -0.3 is 15.3 Å². The minimum absolute atomic E-state index is 0.133. The molecule has 3 heterocycles. The summed E-state index contributed by atoms with van der Waals surface area (Å²) in [6.45, 7) is 9.37. The molecule has 1 unspecified atom stereocenters. The normalized spacial score (nSPS) is 24.1. The molecule has 2 aliphatic heterocycles. The van der Waals surface area contributed by atoms with Crippen LogP contribution in [0, 0.1) is 5.41 Å². The summed E-state index contributed by atoms with van der Waals surface area (Å²) < 4.78 is 0. The van der Waals surface area contributed by atoms with Crippen molar-refractivity contribution < 1.29 is 9.90 Å². The van der Waals surface area contributed by atoms with E-state index in [-0.39, 0.29) is 11.3 Å². The van der Waals surface area contributed by atoms with Crippen LogP contribution in [0.25, 0.3) is 0 Å². The molecule has 0 aromatic carbocycles. The summed E-state index contributed by atoms with van der Waals surface area (Å²) >= 11 is 1.77. The summed E-state index contributed by atoms with van der Waals surface area (Å²) in [6, 6.07) is 0. The first-order chi connectivity index (χ1) is 11.6. The van der Waals surface area contributed by atoms with E-state index >= 15 is 0 Å². The maximum atomic E-state index is 12.3. The van der Waals surface area contributed by atoms with Crippen LogP contribution in [0.4, 0.5) is 5.13 Å². The first-order valence-corrected chi connectivity index (χ1v) is 9.76. The number of likely N-dealkylation sites (tertiary alicyclic amines) is 1. The number of hydrogen-bond acceptors (Lipinski definition) is 6. The molecule has 7 heteroatoms. The van der Waals surface area contributed by atoms with Gasteiger partial charge in [-0.15, -0.1) is 11.3 Å². The maximum Gasteiger partial charge on any atom is 0.226 e. The van der Waals surface area contributed by atoms with E-state index in [1.54, 1.807) is 11.3 Å². The predicted octanol–water partition coefficient (Wildman–Crippen LogP) is 1.45. The second-order valence-corrected chi connectivity index (χ2v) is 8.00. The number of β-amino-alcohol motifs (C(OH)–C–C–N with tert-alkyl or cyclic N) is 1. The average molecular weight is 353 g/mol. The van der Waals surface area contributed by atoms with Crippen molar-refractivity contribution in [2.24, 2.45) is 5.41 Å². The Morgan fingerprint density at radius 1 is 1.42 bits per heavy atom. The fourth-order valence-corrected chi connectivity index (χ4v) is 4.90. The molecule has 2 fully saturated rings. The summed E-state index contributed by atoms with van der Waals surface area (Å²) in [5.41, 5.74) is -0.353. The molecule has 24 heavy (non-hydrogen) atoms. The minimum Gasteiger partial charge on any atom is -0.391 e. The van der Waals surface area contributed by atoms with Crippen molar-refractivity contribution in [1.82, 2.24) is 15.2 Å². The molecule has 2 N–H and O–H groups in total. The highest BCUT2D eigenvalue weighted by atomic mass is 32.1. The van der Waals surface area contributed by atoms with Crippen LogP contribution in [0.2, 0.25) is 0 Å². The summed E-state index contributed by atoms with van der Waals surface area (Å²) in [5, 5.41) is 13.9. The van der Waals surface area contributed by atoms with Gasteiger partial charge in [0.25, 0.3) is 0 Å². The lowest BCUT2D eigenvalue weighted by atomic mass is 9.71. The van der Waals surface area contributed by atoms with Crippen molar-refractivity contribution in [3.8, 4) is 0 Å².